The van der Waals surface area contributed by atoms with E-state index < -0.39 is 5.66 Å². The maximum atomic E-state index is 6.91. The summed E-state index contributed by atoms with van der Waals surface area (Å²) < 4.78 is 16.5. The molecule has 9 heterocycles. The van der Waals surface area contributed by atoms with Crippen LogP contribution in [0.5, 0.6) is 11.5 Å². The van der Waals surface area contributed by atoms with Crippen molar-refractivity contribution in [2.24, 2.45) is 0 Å². The normalized spacial score (nSPS) is 17.3. The van der Waals surface area contributed by atoms with Gasteiger partial charge in [-0.25, -0.2) is 4.98 Å². The maximum absolute atomic E-state index is 6.91. The molecule has 6 aromatic heterocycles. The van der Waals surface area contributed by atoms with Gasteiger partial charge in [-0.1, -0.05) is 24.3 Å². The second-order valence-corrected chi connectivity index (χ2v) is 11.5. The van der Waals surface area contributed by atoms with Crippen molar-refractivity contribution in [2.45, 2.75) is 5.66 Å². The SMILES string of the molecule is c1cc[n+]2c(c1)-n1c3ccccc3c3ccc4c(c31)C21c2c(ccc3c5cccnc5c5cc6ncc[n+]1c6n5c23)O4. The Morgan fingerprint density at radius 3 is 2.38 bits per heavy atom. The van der Waals surface area contributed by atoms with Crippen LogP contribution >= 0.6 is 0 Å². The molecule has 192 valence electrons. The van der Waals surface area contributed by atoms with Gasteiger partial charge in [-0.2, -0.15) is 18.1 Å². The Kier molecular flexibility index (Phi) is 2.99. The quantitative estimate of drug-likeness (QED) is 0.179. The van der Waals surface area contributed by atoms with Gasteiger partial charge < -0.3 is 4.74 Å². The molecule has 0 fully saturated rings. The summed E-state index contributed by atoms with van der Waals surface area (Å²) in [5.74, 6) is 2.84. The van der Waals surface area contributed by atoms with E-state index >= 15 is 0 Å². The number of ether oxygens (including phenoxy) is 1. The topological polar surface area (TPSA) is 52.1 Å². The first-order chi connectivity index (χ1) is 20.9. The molecule has 42 heavy (non-hydrogen) atoms. The number of para-hydroxylation sites is 1. The highest BCUT2D eigenvalue weighted by molar-refractivity contribution is 6.16. The van der Waals surface area contributed by atoms with Crippen LogP contribution in [0.3, 0.4) is 0 Å². The van der Waals surface area contributed by atoms with Gasteiger partial charge in [0.25, 0.3) is 5.82 Å². The van der Waals surface area contributed by atoms with Crippen LogP contribution in [0.25, 0.3) is 66.1 Å². The van der Waals surface area contributed by atoms with Crippen molar-refractivity contribution in [3.63, 3.8) is 0 Å². The first-order valence-electron chi connectivity index (χ1n) is 14.2. The van der Waals surface area contributed by atoms with Crippen LogP contribution in [-0.2, 0) is 5.66 Å². The highest BCUT2D eigenvalue weighted by Crippen LogP contribution is 2.55. The van der Waals surface area contributed by atoms with E-state index in [-0.39, 0.29) is 0 Å². The van der Waals surface area contributed by atoms with Gasteiger partial charge >= 0.3 is 11.3 Å². The van der Waals surface area contributed by atoms with Crippen LogP contribution in [0.1, 0.15) is 11.1 Å². The van der Waals surface area contributed by atoms with Crippen molar-refractivity contribution in [3.05, 3.63) is 121 Å². The van der Waals surface area contributed by atoms with Crippen LogP contribution in [0.2, 0.25) is 0 Å². The van der Waals surface area contributed by atoms with Gasteiger partial charge in [0.15, 0.2) is 22.1 Å². The van der Waals surface area contributed by atoms with E-state index in [1.165, 1.54) is 21.8 Å². The molecule has 3 aliphatic rings. The number of fused-ring (bicyclic) bond motifs is 8. The van der Waals surface area contributed by atoms with Gasteiger partial charge in [0.05, 0.1) is 12.4 Å². The summed E-state index contributed by atoms with van der Waals surface area (Å²) in [4.78, 5) is 9.77. The minimum atomic E-state index is -0.749. The minimum absolute atomic E-state index is 0.749. The largest absolute Gasteiger partial charge is 0.456 e. The van der Waals surface area contributed by atoms with E-state index in [0.29, 0.717) is 0 Å². The van der Waals surface area contributed by atoms with E-state index in [9.17, 15) is 0 Å². The molecule has 0 N–H and O–H groups in total. The molecule has 0 aliphatic carbocycles. The van der Waals surface area contributed by atoms with Gasteiger partial charge in [-0.05, 0) is 48.5 Å². The lowest BCUT2D eigenvalue weighted by atomic mass is 9.81. The number of hydrogen-bond donors (Lipinski definition) is 0. The lowest BCUT2D eigenvalue weighted by Crippen LogP contribution is -2.78. The van der Waals surface area contributed by atoms with Crippen molar-refractivity contribution in [1.29, 1.82) is 0 Å². The molecule has 0 amide bonds. The minimum Gasteiger partial charge on any atom is -0.456 e. The summed E-state index contributed by atoms with van der Waals surface area (Å²) in [6.07, 6.45) is 8.17. The second kappa shape index (κ2) is 6.24. The highest BCUT2D eigenvalue weighted by atomic mass is 16.5. The smallest absolute Gasteiger partial charge is 0.321 e. The fourth-order valence-electron chi connectivity index (χ4n) is 8.43. The Morgan fingerprint density at radius 1 is 0.643 bits per heavy atom. The predicted molar refractivity (Wildman–Crippen MR) is 158 cm³/mol. The summed E-state index contributed by atoms with van der Waals surface area (Å²) in [6, 6.07) is 30.3. The maximum Gasteiger partial charge on any atom is 0.321 e. The lowest BCUT2D eigenvalue weighted by Gasteiger charge is -2.40. The monoisotopic (exact) mass is 538 g/mol. The second-order valence-electron chi connectivity index (χ2n) is 11.5. The highest BCUT2D eigenvalue weighted by Gasteiger charge is 2.63. The molecule has 3 aromatic carbocycles. The third kappa shape index (κ3) is 1.84. The molecule has 0 saturated heterocycles. The van der Waals surface area contributed by atoms with Gasteiger partial charge in [0.1, 0.15) is 39.9 Å². The molecular weight excluding hydrogens is 520 g/mol. The molecule has 1 atom stereocenters. The van der Waals surface area contributed by atoms with Crippen molar-refractivity contribution in [3.8, 4) is 17.3 Å². The van der Waals surface area contributed by atoms with Gasteiger partial charge in [-0.3, -0.25) is 4.98 Å². The number of nitrogens with zero attached hydrogens (tertiary/aromatic N) is 6. The molecule has 1 spiro atoms. The Balaban J connectivity index is 1.46. The fourth-order valence-corrected chi connectivity index (χ4v) is 8.43. The molecule has 7 nitrogen and oxygen atoms in total. The van der Waals surface area contributed by atoms with Crippen LogP contribution < -0.4 is 13.9 Å². The number of rotatable bonds is 0. The van der Waals surface area contributed by atoms with Crippen molar-refractivity contribution in [2.75, 3.05) is 0 Å². The van der Waals surface area contributed by atoms with Crippen molar-refractivity contribution >= 4 is 60.3 Å². The van der Waals surface area contributed by atoms with Gasteiger partial charge in [-0.15, -0.1) is 0 Å². The molecule has 7 heteroatoms. The molecule has 12 rings (SSSR count). The van der Waals surface area contributed by atoms with E-state index in [4.69, 9.17) is 14.7 Å². The lowest BCUT2D eigenvalue weighted by molar-refractivity contribution is -0.960. The molecular formula is C35H18N6O+2. The van der Waals surface area contributed by atoms with E-state index in [1.54, 1.807) is 0 Å². The summed E-state index contributed by atoms with van der Waals surface area (Å²) in [5.41, 5.74) is 9.04. The van der Waals surface area contributed by atoms with Gasteiger partial charge in [0, 0.05) is 39.9 Å². The Labute approximate surface area is 236 Å². The zero-order valence-corrected chi connectivity index (χ0v) is 22.0. The summed E-state index contributed by atoms with van der Waals surface area (Å²) in [7, 11) is 0. The van der Waals surface area contributed by atoms with Crippen LogP contribution in [-0.4, -0.2) is 18.9 Å². The zero-order valence-electron chi connectivity index (χ0n) is 22.0. The summed E-state index contributed by atoms with van der Waals surface area (Å²) in [5, 5.41) is 4.73. The van der Waals surface area contributed by atoms with E-state index in [2.05, 4.69) is 109 Å². The first kappa shape index (κ1) is 20.1. The molecule has 9 aromatic rings. The third-order valence-corrected chi connectivity index (χ3v) is 9.80. The average Bonchev–Trinajstić information content (AvgIpc) is 3.61. The molecule has 0 radical (unpaired) electrons. The summed E-state index contributed by atoms with van der Waals surface area (Å²) >= 11 is 0. The van der Waals surface area contributed by atoms with Crippen molar-refractivity contribution < 1.29 is 13.9 Å². The first-order valence-corrected chi connectivity index (χ1v) is 14.2. The molecule has 1 unspecified atom stereocenters. The predicted octanol–water partition coefficient (Wildman–Crippen LogP) is 5.89. The fraction of sp³-hybridized carbons (Fsp3) is 0.0286. The summed E-state index contributed by atoms with van der Waals surface area (Å²) in [6.45, 7) is 0. The number of benzene rings is 3. The Bertz CT molecular complexity index is 2790. The molecule has 0 saturated carbocycles. The Hall–Kier alpha value is -5.82. The van der Waals surface area contributed by atoms with Crippen LogP contribution in [0.15, 0.2) is 110 Å². The average molecular weight is 539 g/mol. The third-order valence-electron chi connectivity index (χ3n) is 9.80. The standard InChI is InChI=1S/C35H18N6O/c1-2-8-24-19(6-1)21-10-12-26-29-32(21)40(24)28-9-3-4-16-38(28)35(29)30-27(42-26)13-11-22-20-7-5-14-37-31(20)25-18-23-34(41(25)33(22)30)39(35)17-15-36-23/h1-18H/q+2. The van der Waals surface area contributed by atoms with Crippen molar-refractivity contribution in [1.82, 2.24) is 18.9 Å². The molecule has 3 aliphatic heterocycles. The zero-order chi connectivity index (χ0) is 26.9. The number of aromatic nitrogens is 6. The van der Waals surface area contributed by atoms with E-state index in [1.807, 2.05) is 18.5 Å². The van der Waals surface area contributed by atoms with Crippen LogP contribution in [0.4, 0.5) is 0 Å². The van der Waals surface area contributed by atoms with Crippen LogP contribution in [0, 0.1) is 0 Å². The van der Waals surface area contributed by atoms with Gasteiger partial charge in [0.2, 0.25) is 0 Å². The molecule has 0 bridgehead atoms. The Morgan fingerprint density at radius 2 is 1.45 bits per heavy atom. The van der Waals surface area contributed by atoms with E-state index in [0.717, 1.165) is 66.9 Å². The number of hydrogen-bond acceptors (Lipinski definition) is 3. The number of pyridine rings is 3.